The van der Waals surface area contributed by atoms with Crippen molar-refractivity contribution in [1.82, 2.24) is 0 Å². The Hall–Kier alpha value is -2.02. The highest BCUT2D eigenvalue weighted by Gasteiger charge is 2.04. The molecule has 0 fully saturated rings. The molecule has 0 aliphatic carbocycles. The molecule has 2 rings (SSSR count). The van der Waals surface area contributed by atoms with Crippen LogP contribution in [0.4, 0.5) is 5.69 Å². The van der Waals surface area contributed by atoms with Gasteiger partial charge in [0.25, 0.3) is 0 Å². The third-order valence-electron chi connectivity index (χ3n) is 2.90. The van der Waals surface area contributed by atoms with E-state index in [4.69, 9.17) is 0 Å². The van der Waals surface area contributed by atoms with Gasteiger partial charge in [0, 0.05) is 18.8 Å². The lowest BCUT2D eigenvalue weighted by Gasteiger charge is -2.23. The third-order valence-corrected chi connectivity index (χ3v) is 2.90. The quantitative estimate of drug-likeness (QED) is 0.702. The fourth-order valence-electron chi connectivity index (χ4n) is 1.94. The zero-order valence-electron chi connectivity index (χ0n) is 10.8. The molecule has 0 bridgehead atoms. The predicted octanol–water partition coefficient (Wildman–Crippen LogP) is 4.27. The van der Waals surface area contributed by atoms with Crippen LogP contribution in [0, 0.1) is 0 Å². The summed E-state index contributed by atoms with van der Waals surface area (Å²) >= 11 is 0. The summed E-state index contributed by atoms with van der Waals surface area (Å²) in [5.41, 5.74) is 2.60. The largest absolute Gasteiger partial charge is 0.363 e. The van der Waals surface area contributed by atoms with E-state index in [-0.39, 0.29) is 0 Å². The molecule has 0 spiro atoms. The minimum absolute atomic E-state index is 0.940. The van der Waals surface area contributed by atoms with Crippen molar-refractivity contribution in [2.75, 3.05) is 11.4 Å². The van der Waals surface area contributed by atoms with Gasteiger partial charge in [-0.05, 0) is 24.6 Å². The zero-order valence-corrected chi connectivity index (χ0v) is 10.8. The van der Waals surface area contributed by atoms with Crippen molar-refractivity contribution in [2.45, 2.75) is 13.5 Å². The van der Waals surface area contributed by atoms with E-state index < -0.39 is 0 Å². The first-order valence-corrected chi connectivity index (χ1v) is 6.35. The molecule has 0 saturated heterocycles. The lowest BCUT2D eigenvalue weighted by Crippen LogP contribution is -2.22. The summed E-state index contributed by atoms with van der Waals surface area (Å²) in [6.07, 6.45) is 4.29. The highest BCUT2D eigenvalue weighted by atomic mass is 15.1. The standard InChI is InChI=1S/C17H19N/c1-2-3-14-18(17-12-8-5-9-13-17)15-16-10-6-4-7-11-16/h2-13H,14-15H2,1H3. The highest BCUT2D eigenvalue weighted by Crippen LogP contribution is 2.16. The topological polar surface area (TPSA) is 3.24 Å². The molecule has 1 nitrogen and oxygen atoms in total. The lowest BCUT2D eigenvalue weighted by molar-refractivity contribution is 0.866. The van der Waals surface area contributed by atoms with Gasteiger partial charge in [0.1, 0.15) is 0 Å². The summed E-state index contributed by atoms with van der Waals surface area (Å²) < 4.78 is 0. The molecule has 0 saturated carbocycles. The van der Waals surface area contributed by atoms with E-state index in [1.54, 1.807) is 0 Å². The number of hydrogen-bond acceptors (Lipinski definition) is 1. The van der Waals surface area contributed by atoms with Gasteiger partial charge in [-0.2, -0.15) is 0 Å². The Bertz CT molecular complexity index is 473. The van der Waals surface area contributed by atoms with Crippen LogP contribution < -0.4 is 4.90 Å². The van der Waals surface area contributed by atoms with Crippen molar-refractivity contribution in [3.05, 3.63) is 78.4 Å². The molecule has 2 aromatic rings. The van der Waals surface area contributed by atoms with Gasteiger partial charge in [0.15, 0.2) is 0 Å². The van der Waals surface area contributed by atoms with Crippen LogP contribution in [-0.4, -0.2) is 6.54 Å². The van der Waals surface area contributed by atoms with Crippen molar-refractivity contribution in [2.24, 2.45) is 0 Å². The summed E-state index contributed by atoms with van der Waals surface area (Å²) in [5.74, 6) is 0. The van der Waals surface area contributed by atoms with E-state index in [0.717, 1.165) is 13.1 Å². The number of allylic oxidation sites excluding steroid dienone is 1. The van der Waals surface area contributed by atoms with Crippen LogP contribution in [0.3, 0.4) is 0 Å². The summed E-state index contributed by atoms with van der Waals surface area (Å²) in [4.78, 5) is 2.37. The molecule has 0 aliphatic rings. The first-order valence-electron chi connectivity index (χ1n) is 6.35. The summed E-state index contributed by atoms with van der Waals surface area (Å²) in [6, 6.07) is 21.1. The molecule has 0 radical (unpaired) electrons. The van der Waals surface area contributed by atoms with Crippen LogP contribution in [0.15, 0.2) is 72.8 Å². The maximum atomic E-state index is 2.37. The highest BCUT2D eigenvalue weighted by molar-refractivity contribution is 5.47. The smallest absolute Gasteiger partial charge is 0.0432 e. The number of hydrogen-bond donors (Lipinski definition) is 0. The van der Waals surface area contributed by atoms with E-state index in [1.165, 1.54) is 11.3 Å². The number of anilines is 1. The Morgan fingerprint density at radius 1 is 0.889 bits per heavy atom. The van der Waals surface area contributed by atoms with Crippen molar-refractivity contribution in [3.63, 3.8) is 0 Å². The SMILES string of the molecule is CC=CCN(Cc1ccccc1)c1ccccc1. The monoisotopic (exact) mass is 237 g/mol. The van der Waals surface area contributed by atoms with Gasteiger partial charge in [-0.3, -0.25) is 0 Å². The van der Waals surface area contributed by atoms with Crippen molar-refractivity contribution < 1.29 is 0 Å². The van der Waals surface area contributed by atoms with E-state index >= 15 is 0 Å². The molecule has 0 amide bonds. The van der Waals surface area contributed by atoms with Gasteiger partial charge in [-0.25, -0.2) is 0 Å². The molecule has 0 N–H and O–H groups in total. The van der Waals surface area contributed by atoms with Gasteiger partial charge in [-0.15, -0.1) is 0 Å². The van der Waals surface area contributed by atoms with E-state index in [1.807, 2.05) is 0 Å². The van der Waals surface area contributed by atoms with Crippen LogP contribution in [0.1, 0.15) is 12.5 Å². The maximum absolute atomic E-state index is 2.37. The molecule has 92 valence electrons. The van der Waals surface area contributed by atoms with Gasteiger partial charge < -0.3 is 4.90 Å². The average Bonchev–Trinajstić information content (AvgIpc) is 2.45. The Balaban J connectivity index is 2.16. The second kappa shape index (κ2) is 6.65. The van der Waals surface area contributed by atoms with Crippen LogP contribution in [0.5, 0.6) is 0 Å². The van der Waals surface area contributed by atoms with Gasteiger partial charge in [0.05, 0.1) is 0 Å². The third kappa shape index (κ3) is 3.49. The molecule has 0 atom stereocenters. The zero-order chi connectivity index (χ0) is 12.6. The van der Waals surface area contributed by atoms with Crippen molar-refractivity contribution in [3.8, 4) is 0 Å². The van der Waals surface area contributed by atoms with E-state index in [0.29, 0.717) is 0 Å². The molecular weight excluding hydrogens is 218 g/mol. The molecule has 1 heteroatoms. The summed E-state index contributed by atoms with van der Waals surface area (Å²) in [6.45, 7) is 3.94. The van der Waals surface area contributed by atoms with Gasteiger partial charge in [-0.1, -0.05) is 60.7 Å². The molecule has 0 unspecified atom stereocenters. The van der Waals surface area contributed by atoms with Crippen LogP contribution >= 0.6 is 0 Å². The van der Waals surface area contributed by atoms with Crippen molar-refractivity contribution in [1.29, 1.82) is 0 Å². The number of rotatable bonds is 5. The first kappa shape index (κ1) is 12.4. The average molecular weight is 237 g/mol. The normalized spacial score (nSPS) is 10.7. The van der Waals surface area contributed by atoms with Crippen LogP contribution in [-0.2, 0) is 6.54 Å². The fourth-order valence-corrected chi connectivity index (χ4v) is 1.94. The maximum Gasteiger partial charge on any atom is 0.0432 e. The van der Waals surface area contributed by atoms with Crippen LogP contribution in [0.2, 0.25) is 0 Å². The Morgan fingerprint density at radius 2 is 1.50 bits per heavy atom. The molecule has 18 heavy (non-hydrogen) atoms. The Kier molecular flexibility index (Phi) is 4.60. The number of benzene rings is 2. The van der Waals surface area contributed by atoms with Crippen LogP contribution in [0.25, 0.3) is 0 Å². The lowest BCUT2D eigenvalue weighted by atomic mass is 10.2. The van der Waals surface area contributed by atoms with E-state index in [9.17, 15) is 0 Å². The van der Waals surface area contributed by atoms with Gasteiger partial charge in [0.2, 0.25) is 0 Å². The van der Waals surface area contributed by atoms with E-state index in [2.05, 4.69) is 84.6 Å². The predicted molar refractivity (Wildman–Crippen MR) is 78.7 cm³/mol. The number of nitrogens with zero attached hydrogens (tertiary/aromatic N) is 1. The number of para-hydroxylation sites is 1. The Morgan fingerprint density at radius 3 is 2.11 bits per heavy atom. The van der Waals surface area contributed by atoms with Gasteiger partial charge >= 0.3 is 0 Å². The minimum atomic E-state index is 0.940. The molecule has 0 heterocycles. The molecular formula is C17H19N. The summed E-state index contributed by atoms with van der Waals surface area (Å²) in [7, 11) is 0. The summed E-state index contributed by atoms with van der Waals surface area (Å²) in [5, 5.41) is 0. The second-order valence-electron chi connectivity index (χ2n) is 4.27. The minimum Gasteiger partial charge on any atom is -0.363 e. The van der Waals surface area contributed by atoms with Crippen molar-refractivity contribution >= 4 is 5.69 Å². The first-order chi connectivity index (χ1) is 8.90. The molecule has 2 aromatic carbocycles. The fraction of sp³-hybridized carbons (Fsp3) is 0.176. The molecule has 0 aliphatic heterocycles. The molecule has 0 aromatic heterocycles. The Labute approximate surface area is 109 Å². The second-order valence-corrected chi connectivity index (χ2v) is 4.27.